The number of ether oxygens (including phenoxy) is 1. The van der Waals surface area contributed by atoms with Gasteiger partial charge in [-0.2, -0.15) is 0 Å². The topological polar surface area (TPSA) is 131 Å². The zero-order valence-electron chi connectivity index (χ0n) is 15.4. The van der Waals surface area contributed by atoms with Crippen molar-refractivity contribution in [3.63, 3.8) is 0 Å². The summed E-state index contributed by atoms with van der Waals surface area (Å²) >= 11 is 0.0269. The first-order valence-electron chi connectivity index (χ1n) is 9.05. The third kappa shape index (κ3) is 3.62. The summed E-state index contributed by atoms with van der Waals surface area (Å²) < 4.78 is 7.33. The van der Waals surface area contributed by atoms with E-state index in [9.17, 15) is 20.1 Å². The fourth-order valence-electron chi connectivity index (χ4n) is 3.67. The Kier molecular flexibility index (Phi) is 7.00. The fraction of sp³-hybridized carbons (Fsp3) is 0.706. The molecule has 4 atom stereocenters. The van der Waals surface area contributed by atoms with Gasteiger partial charge in [0, 0.05) is 0 Å². The van der Waals surface area contributed by atoms with Gasteiger partial charge < -0.3 is 0 Å². The first-order chi connectivity index (χ1) is 12.2. The third-order valence-corrected chi connectivity index (χ3v) is 6.25. The van der Waals surface area contributed by atoms with Crippen LogP contribution in [-0.4, -0.2) is 68.4 Å². The molecule has 1 saturated heterocycles. The molecule has 146 valence electrons. The van der Waals surface area contributed by atoms with Gasteiger partial charge >= 0.3 is 166 Å². The number of aliphatic hydroxyl groups excluding tert-OH is 2. The van der Waals surface area contributed by atoms with Gasteiger partial charge in [0.1, 0.15) is 0 Å². The number of hydrogen-bond donors (Lipinski definition) is 4. The first kappa shape index (κ1) is 21.5. The van der Waals surface area contributed by atoms with Crippen LogP contribution in [0.25, 0.3) is 0 Å². The van der Waals surface area contributed by atoms with Gasteiger partial charge in [-0.1, -0.05) is 0 Å². The molecule has 0 amide bonds. The second-order valence-corrected chi connectivity index (χ2v) is 8.96. The molecule has 0 saturated carbocycles. The number of unbranched alkanes of at least 4 members (excludes halogenated alkanes) is 2. The molecule has 5 N–H and O–H groups in total. The molecule has 1 aliphatic heterocycles. The number of nitrogens with zero attached hydrogens (tertiary/aromatic N) is 2. The van der Waals surface area contributed by atoms with Crippen LogP contribution >= 0.6 is 0 Å². The van der Waals surface area contributed by atoms with Crippen LogP contribution in [0.4, 0.5) is 5.82 Å². The summed E-state index contributed by atoms with van der Waals surface area (Å²) in [5.41, 5.74) is 1.71. The molecule has 1 aliphatic rings. The van der Waals surface area contributed by atoms with E-state index in [1.165, 1.54) is 16.8 Å². The van der Waals surface area contributed by atoms with Gasteiger partial charge in [0.15, 0.2) is 0 Å². The normalized spacial score (nSPS) is 31.3. The zero-order valence-corrected chi connectivity index (χ0v) is 19.4. The van der Waals surface area contributed by atoms with E-state index >= 15 is 0 Å². The van der Waals surface area contributed by atoms with E-state index in [1.54, 1.807) is 0 Å². The molecular formula is C17H29N3O5Sn. The van der Waals surface area contributed by atoms with Crippen LogP contribution in [0.1, 0.15) is 52.4 Å². The first-order valence-corrected chi connectivity index (χ1v) is 11.1. The molecule has 1 fully saturated rings. The quantitative estimate of drug-likeness (QED) is 0.374. The van der Waals surface area contributed by atoms with Gasteiger partial charge in [-0.05, 0) is 0 Å². The minimum absolute atomic E-state index is 0.0193. The van der Waals surface area contributed by atoms with Gasteiger partial charge in [-0.15, -0.1) is 0 Å². The predicted molar refractivity (Wildman–Crippen MR) is 101 cm³/mol. The van der Waals surface area contributed by atoms with Crippen LogP contribution in [-0.2, 0) is 10.5 Å². The van der Waals surface area contributed by atoms with E-state index in [0.717, 1.165) is 12.8 Å². The standard InChI is InChI=1S/C17H27N3O5.Sn.2H/c1-3-5-8-16(24)14(22)12(11-21)25-17(16,9-6-4-2)20-10-7-13(18)19-15(20)23;;;/h7,10,12,14,21-22,24H,3-6,8-9H2,1-2H3,(H2,18,19,23);;;/t12-,14-,16-,17-;;;/m1.../s1. The van der Waals surface area contributed by atoms with Crippen LogP contribution in [0.2, 0.25) is 0 Å². The van der Waals surface area contributed by atoms with Gasteiger partial charge in [-0.25, -0.2) is 0 Å². The number of rotatable bonds is 8. The number of aromatic nitrogens is 2. The summed E-state index contributed by atoms with van der Waals surface area (Å²) in [7, 11) is 0. The Hall–Kier alpha value is -0.811. The predicted octanol–water partition coefficient (Wildman–Crippen LogP) is -0.515. The molecule has 0 bridgehead atoms. The Bertz CT molecular complexity index is 712. The van der Waals surface area contributed by atoms with E-state index in [2.05, 4.69) is 4.98 Å². The summed E-state index contributed by atoms with van der Waals surface area (Å²) in [5, 5.41) is 32.5. The number of nitrogens with two attached hydrogens (primary N) is 1. The summed E-state index contributed by atoms with van der Waals surface area (Å²) in [6.45, 7) is 3.97. The SMILES string of the molecule is CCCC[C@@]1(O)[C@H](O)[C@@H]([C](O)=[SnH2])O[C@@]1(CCCC)n1ccc(N)nc1=O. The molecule has 1 aromatic rings. The summed E-state index contributed by atoms with van der Waals surface area (Å²) in [5.74, 6) is 0.0723. The Morgan fingerprint density at radius 3 is 2.54 bits per heavy atom. The van der Waals surface area contributed by atoms with Gasteiger partial charge in [0.05, 0.1) is 0 Å². The van der Waals surface area contributed by atoms with Crippen LogP contribution in [0.5, 0.6) is 0 Å². The minimum atomic E-state index is -1.73. The second-order valence-electron chi connectivity index (χ2n) is 6.90. The maximum absolute atomic E-state index is 12.6. The van der Waals surface area contributed by atoms with Crippen LogP contribution in [0.15, 0.2) is 17.1 Å². The van der Waals surface area contributed by atoms with Gasteiger partial charge in [0.2, 0.25) is 0 Å². The molecule has 0 aromatic carbocycles. The summed E-state index contributed by atoms with van der Waals surface area (Å²) in [6, 6.07) is 1.46. The van der Waals surface area contributed by atoms with Crippen molar-refractivity contribution in [1.29, 1.82) is 0 Å². The Labute approximate surface area is 165 Å². The Balaban J connectivity index is 2.68. The number of aliphatic hydroxyl groups is 3. The fourth-order valence-corrected chi connectivity index (χ4v) is 4.54. The van der Waals surface area contributed by atoms with Crippen molar-refractivity contribution in [2.24, 2.45) is 0 Å². The van der Waals surface area contributed by atoms with Crippen LogP contribution in [0, 0.1) is 0 Å². The van der Waals surface area contributed by atoms with E-state index in [4.69, 9.17) is 10.5 Å². The number of hydrogen-bond acceptors (Lipinski definition) is 7. The summed E-state index contributed by atoms with van der Waals surface area (Å²) in [4.78, 5) is 16.3. The van der Waals surface area contributed by atoms with Crippen LogP contribution < -0.4 is 11.4 Å². The van der Waals surface area contributed by atoms with Crippen molar-refractivity contribution in [2.75, 3.05) is 5.73 Å². The van der Waals surface area contributed by atoms with Crippen LogP contribution in [0.3, 0.4) is 0 Å². The molecule has 9 heteroatoms. The molecule has 0 spiro atoms. The Morgan fingerprint density at radius 1 is 1.38 bits per heavy atom. The van der Waals surface area contributed by atoms with Crippen molar-refractivity contribution in [3.8, 4) is 0 Å². The molecule has 0 aliphatic carbocycles. The molecule has 26 heavy (non-hydrogen) atoms. The van der Waals surface area contributed by atoms with Gasteiger partial charge in [-0.3, -0.25) is 0 Å². The van der Waals surface area contributed by atoms with E-state index < -0.39 is 29.2 Å². The van der Waals surface area contributed by atoms with E-state index in [0.29, 0.717) is 19.3 Å². The van der Waals surface area contributed by atoms with Crippen molar-refractivity contribution < 1.29 is 20.1 Å². The molecule has 2 heterocycles. The van der Waals surface area contributed by atoms with E-state index in [1.807, 2.05) is 13.8 Å². The number of anilines is 1. The molecule has 1 aromatic heterocycles. The number of nitrogen functional groups attached to an aromatic ring is 1. The van der Waals surface area contributed by atoms with Crippen molar-refractivity contribution in [1.82, 2.24) is 9.55 Å². The third-order valence-electron chi connectivity index (χ3n) is 5.10. The molecular weight excluding hydrogens is 445 g/mol. The second kappa shape index (κ2) is 8.47. The van der Waals surface area contributed by atoms with E-state index in [-0.39, 0.29) is 38.0 Å². The molecule has 8 nitrogen and oxygen atoms in total. The summed E-state index contributed by atoms with van der Waals surface area (Å²) in [6.07, 6.45) is 2.54. The molecule has 2 rings (SSSR count). The zero-order chi connectivity index (χ0) is 19.5. The average molecular weight is 474 g/mol. The monoisotopic (exact) mass is 475 g/mol. The maximum atomic E-state index is 12.6. The average Bonchev–Trinajstić information content (AvgIpc) is 2.81. The van der Waals surface area contributed by atoms with Crippen molar-refractivity contribution in [3.05, 3.63) is 22.7 Å². The molecule has 0 unspecified atom stereocenters. The van der Waals surface area contributed by atoms with Gasteiger partial charge in [0.25, 0.3) is 0 Å². The molecule has 0 radical (unpaired) electrons. The van der Waals surface area contributed by atoms with Crippen molar-refractivity contribution >= 4 is 31.6 Å². The Morgan fingerprint density at radius 2 is 2.00 bits per heavy atom. The van der Waals surface area contributed by atoms with Crippen molar-refractivity contribution in [2.45, 2.75) is 75.9 Å².